The molecule has 1 amide bonds. The molecule has 7 nitrogen and oxygen atoms in total. The molecular weight excluding hydrogens is 270 g/mol. The Morgan fingerprint density at radius 3 is 3.00 bits per heavy atom. The van der Waals surface area contributed by atoms with E-state index in [1.807, 2.05) is 31.2 Å². The second-order valence-electron chi connectivity index (χ2n) is 4.35. The second kappa shape index (κ2) is 7.20. The van der Waals surface area contributed by atoms with Gasteiger partial charge in [-0.3, -0.25) is 9.78 Å². The molecule has 2 rings (SSSR count). The Labute approximate surface area is 122 Å². The van der Waals surface area contributed by atoms with E-state index in [-0.39, 0.29) is 11.6 Å². The molecule has 0 fully saturated rings. The van der Waals surface area contributed by atoms with Gasteiger partial charge in [-0.2, -0.15) is 0 Å². The van der Waals surface area contributed by atoms with E-state index >= 15 is 0 Å². The fourth-order valence-electron chi connectivity index (χ4n) is 1.67. The van der Waals surface area contributed by atoms with Crippen LogP contribution >= 0.6 is 0 Å². The minimum Gasteiger partial charge on any atom is -0.492 e. The van der Waals surface area contributed by atoms with E-state index < -0.39 is 0 Å². The topological polar surface area (TPSA) is 102 Å². The number of carbonyl (C=O) groups excluding carboxylic acids is 1. The highest BCUT2D eigenvalue weighted by molar-refractivity contribution is 5.92. The average molecular weight is 287 g/mol. The molecule has 0 atom stereocenters. The zero-order valence-corrected chi connectivity index (χ0v) is 11.7. The summed E-state index contributed by atoms with van der Waals surface area (Å²) >= 11 is 0. The van der Waals surface area contributed by atoms with Crippen molar-refractivity contribution in [2.75, 3.05) is 18.6 Å². The van der Waals surface area contributed by atoms with Gasteiger partial charge >= 0.3 is 0 Å². The van der Waals surface area contributed by atoms with E-state index in [0.29, 0.717) is 19.0 Å². The summed E-state index contributed by atoms with van der Waals surface area (Å²) in [5.41, 5.74) is 3.66. The number of nitrogens with one attached hydrogen (secondary N) is 2. The summed E-state index contributed by atoms with van der Waals surface area (Å²) in [6, 6.07) is 7.72. The largest absolute Gasteiger partial charge is 0.492 e. The van der Waals surface area contributed by atoms with Crippen molar-refractivity contribution in [2.24, 2.45) is 5.84 Å². The van der Waals surface area contributed by atoms with Gasteiger partial charge in [0.05, 0.1) is 18.9 Å². The first-order valence-electron chi connectivity index (χ1n) is 6.45. The number of anilines is 1. The molecule has 110 valence electrons. The highest BCUT2D eigenvalue weighted by Crippen LogP contribution is 2.11. The van der Waals surface area contributed by atoms with Crippen LogP contribution in [-0.4, -0.2) is 29.0 Å². The number of nitrogen functional groups attached to an aromatic ring is 1. The van der Waals surface area contributed by atoms with Gasteiger partial charge in [-0.05, 0) is 24.6 Å². The van der Waals surface area contributed by atoms with Crippen LogP contribution in [0.15, 0.2) is 36.7 Å². The number of nitrogens with two attached hydrogens (primary N) is 1. The summed E-state index contributed by atoms with van der Waals surface area (Å²) in [5.74, 6) is 5.99. The number of amides is 1. The maximum Gasteiger partial charge on any atom is 0.271 e. The van der Waals surface area contributed by atoms with E-state index in [0.717, 1.165) is 11.3 Å². The summed E-state index contributed by atoms with van der Waals surface area (Å²) < 4.78 is 5.53. The minimum absolute atomic E-state index is 0.195. The Morgan fingerprint density at radius 1 is 1.38 bits per heavy atom. The van der Waals surface area contributed by atoms with Gasteiger partial charge in [-0.15, -0.1) is 0 Å². The average Bonchev–Trinajstić information content (AvgIpc) is 2.51. The number of aryl methyl sites for hydroxylation is 1. The van der Waals surface area contributed by atoms with E-state index in [1.165, 1.54) is 12.4 Å². The van der Waals surface area contributed by atoms with Crippen LogP contribution in [0, 0.1) is 6.92 Å². The number of nitrogens with zero attached hydrogens (tertiary/aromatic N) is 2. The predicted molar refractivity (Wildman–Crippen MR) is 78.8 cm³/mol. The van der Waals surface area contributed by atoms with E-state index in [2.05, 4.69) is 20.7 Å². The molecule has 0 radical (unpaired) electrons. The summed E-state index contributed by atoms with van der Waals surface area (Å²) in [7, 11) is 0. The van der Waals surface area contributed by atoms with Crippen molar-refractivity contribution in [1.82, 2.24) is 15.3 Å². The molecule has 0 aliphatic heterocycles. The van der Waals surface area contributed by atoms with Crippen molar-refractivity contribution in [1.29, 1.82) is 0 Å². The molecule has 21 heavy (non-hydrogen) atoms. The molecule has 1 aromatic carbocycles. The number of hydrazine groups is 1. The molecule has 0 bridgehead atoms. The van der Waals surface area contributed by atoms with E-state index in [1.54, 1.807) is 0 Å². The molecule has 0 saturated heterocycles. The van der Waals surface area contributed by atoms with Crippen LogP contribution in [0.25, 0.3) is 0 Å². The van der Waals surface area contributed by atoms with Crippen LogP contribution in [0.5, 0.6) is 5.75 Å². The molecule has 0 saturated carbocycles. The highest BCUT2D eigenvalue weighted by atomic mass is 16.5. The van der Waals surface area contributed by atoms with Crippen LogP contribution in [0.3, 0.4) is 0 Å². The third-order valence-corrected chi connectivity index (χ3v) is 2.66. The van der Waals surface area contributed by atoms with Crippen LogP contribution in [0.4, 0.5) is 5.82 Å². The molecule has 1 heterocycles. The predicted octanol–water partition coefficient (Wildman–Crippen LogP) is 0.879. The SMILES string of the molecule is Cc1cccc(OCCNC(=O)c2cncc(NN)n2)c1. The smallest absolute Gasteiger partial charge is 0.271 e. The van der Waals surface area contributed by atoms with Crippen molar-refractivity contribution in [2.45, 2.75) is 6.92 Å². The minimum atomic E-state index is -0.326. The standard InChI is InChI=1S/C14H17N5O2/c1-10-3-2-4-11(7-10)21-6-5-17-14(20)12-8-16-9-13(18-12)19-15/h2-4,7-9H,5-6,15H2,1H3,(H,17,20)(H,18,19). The molecule has 0 spiro atoms. The lowest BCUT2D eigenvalue weighted by Gasteiger charge is -2.08. The second-order valence-corrected chi connectivity index (χ2v) is 4.35. The van der Waals surface area contributed by atoms with E-state index in [4.69, 9.17) is 10.6 Å². The first-order valence-corrected chi connectivity index (χ1v) is 6.45. The van der Waals surface area contributed by atoms with Gasteiger partial charge in [-0.1, -0.05) is 12.1 Å². The Bertz CT molecular complexity index is 618. The summed E-state index contributed by atoms with van der Waals surface area (Å²) in [6.45, 7) is 2.73. The quantitative estimate of drug-likeness (QED) is 0.414. The fourth-order valence-corrected chi connectivity index (χ4v) is 1.67. The normalized spacial score (nSPS) is 10.0. The van der Waals surface area contributed by atoms with Gasteiger partial charge in [-0.25, -0.2) is 10.8 Å². The molecule has 1 aromatic heterocycles. The summed E-state index contributed by atoms with van der Waals surface area (Å²) in [4.78, 5) is 19.7. The number of hydrogen-bond acceptors (Lipinski definition) is 6. The van der Waals surface area contributed by atoms with Gasteiger partial charge in [0.2, 0.25) is 0 Å². The lowest BCUT2D eigenvalue weighted by Crippen LogP contribution is -2.29. The van der Waals surface area contributed by atoms with Gasteiger partial charge in [0.15, 0.2) is 5.82 Å². The Balaban J connectivity index is 1.79. The lowest BCUT2D eigenvalue weighted by atomic mass is 10.2. The van der Waals surface area contributed by atoms with Gasteiger partial charge in [0, 0.05) is 0 Å². The third kappa shape index (κ3) is 4.43. The van der Waals surface area contributed by atoms with Crippen molar-refractivity contribution in [3.63, 3.8) is 0 Å². The Morgan fingerprint density at radius 2 is 2.24 bits per heavy atom. The molecule has 0 aliphatic rings. The number of ether oxygens (including phenoxy) is 1. The zero-order valence-electron chi connectivity index (χ0n) is 11.7. The zero-order chi connectivity index (χ0) is 15.1. The van der Waals surface area contributed by atoms with Crippen molar-refractivity contribution in [3.05, 3.63) is 47.9 Å². The van der Waals surface area contributed by atoms with Gasteiger partial charge < -0.3 is 15.5 Å². The van der Waals surface area contributed by atoms with Gasteiger partial charge in [0.1, 0.15) is 18.1 Å². The van der Waals surface area contributed by atoms with E-state index in [9.17, 15) is 4.79 Å². The molecular formula is C14H17N5O2. The third-order valence-electron chi connectivity index (χ3n) is 2.66. The molecule has 2 aromatic rings. The van der Waals surface area contributed by atoms with Crippen molar-refractivity contribution >= 4 is 11.7 Å². The molecule has 7 heteroatoms. The Kier molecular flexibility index (Phi) is 5.05. The molecule has 0 aliphatic carbocycles. The van der Waals surface area contributed by atoms with Gasteiger partial charge in [0.25, 0.3) is 5.91 Å². The number of hydrogen-bond donors (Lipinski definition) is 3. The number of rotatable bonds is 6. The first-order chi connectivity index (χ1) is 10.2. The van der Waals surface area contributed by atoms with Crippen molar-refractivity contribution in [3.8, 4) is 5.75 Å². The van der Waals surface area contributed by atoms with Crippen LogP contribution in [0.1, 0.15) is 16.1 Å². The fraction of sp³-hybridized carbons (Fsp3) is 0.214. The summed E-state index contributed by atoms with van der Waals surface area (Å²) in [6.07, 6.45) is 2.80. The van der Waals surface area contributed by atoms with Crippen LogP contribution in [-0.2, 0) is 0 Å². The number of benzene rings is 1. The Hall–Kier alpha value is -2.67. The summed E-state index contributed by atoms with van der Waals surface area (Å²) in [5, 5.41) is 2.70. The van der Waals surface area contributed by atoms with Crippen LogP contribution in [0.2, 0.25) is 0 Å². The first kappa shape index (κ1) is 14.7. The lowest BCUT2D eigenvalue weighted by molar-refractivity contribution is 0.0941. The molecule has 0 unspecified atom stereocenters. The number of aromatic nitrogens is 2. The highest BCUT2D eigenvalue weighted by Gasteiger charge is 2.07. The molecule has 4 N–H and O–H groups in total. The number of carbonyl (C=O) groups is 1. The monoisotopic (exact) mass is 287 g/mol. The van der Waals surface area contributed by atoms with Crippen LogP contribution < -0.4 is 21.3 Å². The maximum absolute atomic E-state index is 11.8. The van der Waals surface area contributed by atoms with Crippen molar-refractivity contribution < 1.29 is 9.53 Å². The maximum atomic E-state index is 11.8.